The van der Waals surface area contributed by atoms with E-state index in [9.17, 15) is 9.59 Å². The van der Waals surface area contributed by atoms with E-state index >= 15 is 0 Å². The molecule has 0 aliphatic carbocycles. The highest BCUT2D eigenvalue weighted by Gasteiger charge is 2.36. The smallest absolute Gasteiger partial charge is 0.250 e. The van der Waals surface area contributed by atoms with Gasteiger partial charge >= 0.3 is 0 Å². The highest BCUT2D eigenvalue weighted by atomic mass is 35.5. The van der Waals surface area contributed by atoms with Crippen LogP contribution in [-0.4, -0.2) is 35.8 Å². The Morgan fingerprint density at radius 3 is 2.48 bits per heavy atom. The number of carbonyl (C=O) groups excluding carboxylic acids is 2. The summed E-state index contributed by atoms with van der Waals surface area (Å²) in [5.74, 6) is 0.302. The molecule has 1 aromatic heterocycles. The lowest BCUT2D eigenvalue weighted by Gasteiger charge is -2.41. The van der Waals surface area contributed by atoms with Gasteiger partial charge < -0.3 is 10.2 Å². The zero-order valence-electron chi connectivity index (χ0n) is 17.5. The third-order valence-electron chi connectivity index (χ3n) is 5.82. The lowest BCUT2D eigenvalue weighted by atomic mass is 9.96. The molecule has 0 saturated carbocycles. The lowest BCUT2D eigenvalue weighted by Crippen LogP contribution is -2.52. The number of quaternary nitrogens is 1. The van der Waals surface area contributed by atoms with Gasteiger partial charge in [0.1, 0.15) is 12.3 Å². The molecule has 1 aromatic carbocycles. The Bertz CT molecular complexity index is 904. The van der Waals surface area contributed by atoms with Crippen LogP contribution in [0.5, 0.6) is 0 Å². The fraction of sp³-hybridized carbons (Fsp3) is 0.478. The summed E-state index contributed by atoms with van der Waals surface area (Å²) in [6, 6.07) is 7.32. The van der Waals surface area contributed by atoms with Crippen molar-refractivity contribution in [2.75, 3.05) is 19.6 Å². The number of fused-ring (bicyclic) bond motifs is 1. The van der Waals surface area contributed by atoms with Crippen molar-refractivity contribution in [1.29, 1.82) is 0 Å². The molecule has 4 nitrogen and oxygen atoms in total. The van der Waals surface area contributed by atoms with Gasteiger partial charge in [-0.25, -0.2) is 0 Å². The van der Waals surface area contributed by atoms with E-state index in [2.05, 4.69) is 20.8 Å². The van der Waals surface area contributed by atoms with Crippen molar-refractivity contribution in [3.63, 3.8) is 0 Å². The van der Waals surface area contributed by atoms with Crippen molar-refractivity contribution in [3.8, 4) is 0 Å². The molecule has 6 heteroatoms. The maximum absolute atomic E-state index is 12.7. The summed E-state index contributed by atoms with van der Waals surface area (Å²) in [4.78, 5) is 27.0. The first-order valence-corrected chi connectivity index (χ1v) is 11.5. The van der Waals surface area contributed by atoms with Crippen molar-refractivity contribution < 1.29 is 14.1 Å². The predicted molar refractivity (Wildman–Crippen MR) is 119 cm³/mol. The van der Waals surface area contributed by atoms with Gasteiger partial charge in [-0.2, -0.15) is 0 Å². The molecule has 29 heavy (non-hydrogen) atoms. The minimum absolute atomic E-state index is 0.0897. The molecule has 2 heterocycles. The average molecular weight is 434 g/mol. The van der Waals surface area contributed by atoms with Crippen LogP contribution in [0.4, 0.5) is 0 Å². The van der Waals surface area contributed by atoms with Crippen molar-refractivity contribution in [3.05, 3.63) is 55.7 Å². The molecule has 156 valence electrons. The second-order valence-electron chi connectivity index (χ2n) is 8.55. The number of hydrogen-bond donors (Lipinski definition) is 1. The number of halogens is 1. The molecule has 1 amide bonds. The highest BCUT2D eigenvalue weighted by molar-refractivity contribution is 7.12. The molecule has 1 aliphatic rings. The van der Waals surface area contributed by atoms with Gasteiger partial charge in [0.2, 0.25) is 5.91 Å². The fourth-order valence-corrected chi connectivity index (χ4v) is 6.15. The first kappa shape index (κ1) is 22.0. The van der Waals surface area contributed by atoms with Crippen molar-refractivity contribution >= 4 is 34.6 Å². The van der Waals surface area contributed by atoms with Gasteiger partial charge in [-0.15, -0.1) is 11.3 Å². The molecular formula is C23H30ClN2O2S+. The fourth-order valence-electron chi connectivity index (χ4n) is 4.51. The van der Waals surface area contributed by atoms with Gasteiger partial charge in [-0.1, -0.05) is 37.6 Å². The van der Waals surface area contributed by atoms with E-state index in [0.717, 1.165) is 53.1 Å². The molecule has 1 unspecified atom stereocenters. The Hall–Kier alpha value is -1.69. The number of nitrogens with two attached hydrogens (primary N) is 1. The molecule has 0 fully saturated rings. The molecule has 2 N–H and O–H groups in total. The van der Waals surface area contributed by atoms with E-state index in [-0.39, 0.29) is 12.2 Å². The number of primary amides is 1. The summed E-state index contributed by atoms with van der Waals surface area (Å²) in [6.45, 7) is 10.9. The number of benzene rings is 1. The standard InChI is InChI=1S/C23H29ClN2O2S/c1-4-26(13-15(2)3)10-9-19-21(14-26)29-20(22(19)23(25)28)12-18(27)11-16-5-7-17(24)8-6-16/h5-8,15H,4,9-14H2,1-3H3,(H-,25,28)/p+1. The zero-order valence-corrected chi connectivity index (χ0v) is 19.0. The topological polar surface area (TPSA) is 60.2 Å². The van der Waals surface area contributed by atoms with Gasteiger partial charge in [0, 0.05) is 35.1 Å². The van der Waals surface area contributed by atoms with Crippen molar-refractivity contribution in [2.24, 2.45) is 11.7 Å². The summed E-state index contributed by atoms with van der Waals surface area (Å²) >= 11 is 7.54. The Morgan fingerprint density at radius 1 is 1.21 bits per heavy atom. The number of amides is 1. The maximum Gasteiger partial charge on any atom is 0.250 e. The highest BCUT2D eigenvalue weighted by Crippen LogP contribution is 2.37. The Labute approximate surface area is 182 Å². The van der Waals surface area contributed by atoms with Crippen molar-refractivity contribution in [2.45, 2.75) is 46.6 Å². The molecule has 1 atom stereocenters. The molecule has 1 aliphatic heterocycles. The van der Waals surface area contributed by atoms with Crippen LogP contribution in [0.2, 0.25) is 5.02 Å². The second kappa shape index (κ2) is 8.99. The van der Waals surface area contributed by atoms with E-state index in [4.69, 9.17) is 17.3 Å². The van der Waals surface area contributed by atoms with Crippen molar-refractivity contribution in [1.82, 2.24) is 0 Å². The number of rotatable bonds is 8. The summed E-state index contributed by atoms with van der Waals surface area (Å²) in [5.41, 5.74) is 8.37. The molecular weight excluding hydrogens is 404 g/mol. The number of Topliss-reactive ketones (excluding diaryl/α,β-unsaturated/α-hetero) is 1. The van der Waals surface area contributed by atoms with Gasteiger partial charge in [0.25, 0.3) is 0 Å². The van der Waals surface area contributed by atoms with Crippen LogP contribution in [0.3, 0.4) is 0 Å². The molecule has 3 rings (SSSR count). The summed E-state index contributed by atoms with van der Waals surface area (Å²) < 4.78 is 1.04. The number of hydrogen-bond acceptors (Lipinski definition) is 3. The van der Waals surface area contributed by atoms with Crippen LogP contribution in [-0.2, 0) is 30.6 Å². The monoisotopic (exact) mass is 433 g/mol. The third-order valence-corrected chi connectivity index (χ3v) is 7.29. The summed E-state index contributed by atoms with van der Waals surface area (Å²) in [6.07, 6.45) is 1.45. The Balaban J connectivity index is 1.83. The molecule has 0 saturated heterocycles. The normalized spacial score (nSPS) is 18.7. The first-order chi connectivity index (χ1) is 13.7. The third kappa shape index (κ3) is 5.08. The van der Waals surface area contributed by atoms with Gasteiger partial charge in [0.05, 0.1) is 30.1 Å². The van der Waals surface area contributed by atoms with E-state index in [1.807, 2.05) is 12.1 Å². The summed E-state index contributed by atoms with van der Waals surface area (Å²) in [7, 11) is 0. The molecule has 0 radical (unpaired) electrons. The molecule has 0 bridgehead atoms. The number of carbonyl (C=O) groups is 2. The van der Waals surface area contributed by atoms with E-state index in [0.29, 0.717) is 22.9 Å². The molecule has 0 spiro atoms. The Morgan fingerprint density at radius 2 is 1.90 bits per heavy atom. The maximum atomic E-state index is 12.7. The van der Waals surface area contributed by atoms with E-state index in [1.165, 1.54) is 4.88 Å². The van der Waals surface area contributed by atoms with Crippen LogP contribution < -0.4 is 5.73 Å². The number of nitrogens with zero attached hydrogens (tertiary/aromatic N) is 1. The number of thiophene rings is 1. The minimum Gasteiger partial charge on any atom is -0.366 e. The average Bonchev–Trinajstić information content (AvgIpc) is 2.99. The predicted octanol–water partition coefficient (Wildman–Crippen LogP) is 4.40. The van der Waals surface area contributed by atoms with Gasteiger partial charge in [-0.3, -0.25) is 9.59 Å². The number of ketones is 1. The van der Waals surface area contributed by atoms with Gasteiger partial charge in [0.15, 0.2) is 0 Å². The quantitative estimate of drug-likeness (QED) is 0.627. The molecule has 2 aromatic rings. The van der Waals surface area contributed by atoms with E-state index < -0.39 is 5.91 Å². The number of likely N-dealkylation sites (N-methyl/N-ethyl adjacent to an activating group) is 1. The summed E-state index contributed by atoms with van der Waals surface area (Å²) in [5, 5.41) is 0.655. The largest absolute Gasteiger partial charge is 0.366 e. The van der Waals surface area contributed by atoms with Crippen LogP contribution in [0, 0.1) is 5.92 Å². The Kier molecular flexibility index (Phi) is 6.82. The lowest BCUT2D eigenvalue weighted by molar-refractivity contribution is -0.943. The van der Waals surface area contributed by atoms with Crippen LogP contribution in [0.1, 0.15) is 52.0 Å². The van der Waals surface area contributed by atoms with Crippen LogP contribution in [0.15, 0.2) is 24.3 Å². The van der Waals surface area contributed by atoms with Gasteiger partial charge in [-0.05, 0) is 30.2 Å². The second-order valence-corrected chi connectivity index (χ2v) is 10.2. The zero-order chi connectivity index (χ0) is 21.2. The van der Waals surface area contributed by atoms with Crippen LogP contribution in [0.25, 0.3) is 0 Å². The minimum atomic E-state index is -0.405. The van der Waals surface area contributed by atoms with Crippen LogP contribution >= 0.6 is 22.9 Å². The van der Waals surface area contributed by atoms with E-state index in [1.54, 1.807) is 23.5 Å². The first-order valence-electron chi connectivity index (χ1n) is 10.3. The SMILES string of the molecule is CC[N+]1(CC(C)C)CCc2c(sc(CC(=O)Cc3ccc(Cl)cc3)c2C(N)=O)C1.